The molecule has 0 radical (unpaired) electrons. The van der Waals surface area contributed by atoms with E-state index in [4.69, 9.17) is 4.74 Å². The lowest BCUT2D eigenvalue weighted by molar-refractivity contribution is 0.414. The van der Waals surface area contributed by atoms with Gasteiger partial charge in [0, 0.05) is 18.9 Å². The first-order valence-corrected chi connectivity index (χ1v) is 4.88. The molecule has 0 fully saturated rings. The molecular weight excluding hydrogens is 188 g/mol. The second-order valence-electron chi connectivity index (χ2n) is 3.59. The topological polar surface area (TPSA) is 27.1 Å². The van der Waals surface area contributed by atoms with Gasteiger partial charge in [0.25, 0.3) is 0 Å². The van der Waals surface area contributed by atoms with Gasteiger partial charge in [-0.25, -0.2) is 4.98 Å². The maximum Gasteiger partial charge on any atom is 0.119 e. The summed E-state index contributed by atoms with van der Waals surface area (Å²) in [5.41, 5.74) is 2.44. The van der Waals surface area contributed by atoms with Crippen LogP contribution in [0.4, 0.5) is 0 Å². The Bertz CT molecular complexity index is 435. The van der Waals surface area contributed by atoms with Gasteiger partial charge in [-0.05, 0) is 30.2 Å². The molecule has 1 aromatic heterocycles. The first-order chi connectivity index (χ1) is 7.28. The van der Waals surface area contributed by atoms with Crippen molar-refractivity contribution in [2.24, 2.45) is 0 Å². The number of imidazole rings is 1. The van der Waals surface area contributed by atoms with Crippen molar-refractivity contribution in [3.8, 4) is 5.75 Å². The molecule has 0 amide bonds. The van der Waals surface area contributed by atoms with Crippen LogP contribution in [-0.4, -0.2) is 16.7 Å². The van der Waals surface area contributed by atoms with Gasteiger partial charge in [-0.2, -0.15) is 0 Å². The highest BCUT2D eigenvalue weighted by atomic mass is 16.5. The molecule has 0 unspecified atom stereocenters. The zero-order valence-corrected chi connectivity index (χ0v) is 8.97. The summed E-state index contributed by atoms with van der Waals surface area (Å²) in [6.07, 6.45) is 5.55. The molecule has 1 heterocycles. The van der Waals surface area contributed by atoms with Gasteiger partial charge in [-0.15, -0.1) is 0 Å². The quantitative estimate of drug-likeness (QED) is 0.763. The van der Waals surface area contributed by atoms with Crippen molar-refractivity contribution in [1.29, 1.82) is 0 Å². The highest BCUT2D eigenvalue weighted by Gasteiger charge is 1.99. The molecule has 0 atom stereocenters. The first-order valence-electron chi connectivity index (χ1n) is 4.88. The van der Waals surface area contributed by atoms with Crippen molar-refractivity contribution in [2.75, 3.05) is 7.11 Å². The van der Waals surface area contributed by atoms with Gasteiger partial charge in [0.2, 0.25) is 0 Å². The van der Waals surface area contributed by atoms with Crippen LogP contribution >= 0.6 is 0 Å². The van der Waals surface area contributed by atoms with Gasteiger partial charge in [0.05, 0.1) is 13.4 Å². The smallest absolute Gasteiger partial charge is 0.119 e. The normalized spacial score (nSPS) is 10.3. The number of benzene rings is 1. The van der Waals surface area contributed by atoms with E-state index in [2.05, 4.69) is 18.0 Å². The Morgan fingerprint density at radius 1 is 1.33 bits per heavy atom. The maximum atomic E-state index is 5.23. The Labute approximate surface area is 89.3 Å². The van der Waals surface area contributed by atoms with Crippen LogP contribution in [0.1, 0.15) is 11.1 Å². The number of hydrogen-bond acceptors (Lipinski definition) is 2. The molecule has 0 saturated heterocycles. The van der Waals surface area contributed by atoms with Gasteiger partial charge in [0.1, 0.15) is 5.75 Å². The fraction of sp³-hybridized carbons (Fsp3) is 0.250. The molecule has 3 nitrogen and oxygen atoms in total. The van der Waals surface area contributed by atoms with Crippen LogP contribution in [-0.2, 0) is 6.54 Å². The van der Waals surface area contributed by atoms with Crippen molar-refractivity contribution in [1.82, 2.24) is 9.55 Å². The molecule has 0 N–H and O–H groups in total. The van der Waals surface area contributed by atoms with E-state index < -0.39 is 0 Å². The number of nitrogens with zero attached hydrogens (tertiary/aromatic N) is 2. The standard InChI is InChI=1S/C12H14N2O/c1-10-5-11(7-12(6-10)15-2)8-14-4-3-13-9-14/h3-7,9H,8H2,1-2H3. The summed E-state index contributed by atoms with van der Waals surface area (Å²) in [7, 11) is 1.69. The molecule has 78 valence electrons. The summed E-state index contributed by atoms with van der Waals surface area (Å²) < 4.78 is 7.27. The fourth-order valence-corrected chi connectivity index (χ4v) is 1.62. The van der Waals surface area contributed by atoms with Crippen molar-refractivity contribution in [3.05, 3.63) is 48.0 Å². The Morgan fingerprint density at radius 2 is 2.20 bits per heavy atom. The van der Waals surface area contributed by atoms with Crippen LogP contribution in [0.15, 0.2) is 36.9 Å². The van der Waals surface area contributed by atoms with E-state index in [1.54, 1.807) is 13.3 Å². The van der Waals surface area contributed by atoms with Crippen LogP contribution in [0.3, 0.4) is 0 Å². The van der Waals surface area contributed by atoms with Gasteiger partial charge < -0.3 is 9.30 Å². The summed E-state index contributed by atoms with van der Waals surface area (Å²) >= 11 is 0. The number of ether oxygens (including phenoxy) is 1. The van der Waals surface area contributed by atoms with E-state index in [1.165, 1.54) is 11.1 Å². The SMILES string of the molecule is COc1cc(C)cc(Cn2ccnc2)c1. The fourth-order valence-electron chi connectivity index (χ4n) is 1.62. The Hall–Kier alpha value is -1.77. The Balaban J connectivity index is 2.24. The number of aromatic nitrogens is 2. The van der Waals surface area contributed by atoms with E-state index in [-0.39, 0.29) is 0 Å². The lowest BCUT2D eigenvalue weighted by Gasteiger charge is -2.07. The lowest BCUT2D eigenvalue weighted by atomic mass is 10.1. The number of methoxy groups -OCH3 is 1. The third-order valence-corrected chi connectivity index (χ3v) is 2.27. The number of aryl methyl sites for hydroxylation is 1. The molecule has 0 bridgehead atoms. The molecule has 0 aliphatic carbocycles. The minimum atomic E-state index is 0.831. The summed E-state index contributed by atoms with van der Waals surface area (Å²) in [6, 6.07) is 6.23. The minimum Gasteiger partial charge on any atom is -0.497 e. The number of rotatable bonds is 3. The Morgan fingerprint density at radius 3 is 2.87 bits per heavy atom. The van der Waals surface area contributed by atoms with Gasteiger partial charge >= 0.3 is 0 Å². The van der Waals surface area contributed by atoms with Gasteiger partial charge in [0.15, 0.2) is 0 Å². The first kappa shape index (κ1) is 9.77. The predicted octanol–water partition coefficient (Wildman–Crippen LogP) is 2.25. The third kappa shape index (κ3) is 2.37. The maximum absolute atomic E-state index is 5.23. The average molecular weight is 202 g/mol. The Kier molecular flexibility index (Phi) is 2.72. The summed E-state index contributed by atoms with van der Waals surface area (Å²) in [6.45, 7) is 2.90. The molecule has 0 aliphatic rings. The van der Waals surface area contributed by atoms with Crippen LogP contribution < -0.4 is 4.74 Å². The highest BCUT2D eigenvalue weighted by Crippen LogP contribution is 2.17. The van der Waals surface area contributed by atoms with Crippen molar-refractivity contribution in [3.63, 3.8) is 0 Å². The van der Waals surface area contributed by atoms with E-state index in [1.807, 2.05) is 29.2 Å². The molecule has 3 heteroatoms. The van der Waals surface area contributed by atoms with Crippen LogP contribution in [0.25, 0.3) is 0 Å². The van der Waals surface area contributed by atoms with E-state index in [0.717, 1.165) is 12.3 Å². The van der Waals surface area contributed by atoms with Crippen LogP contribution in [0, 0.1) is 6.92 Å². The second-order valence-corrected chi connectivity index (χ2v) is 3.59. The van der Waals surface area contributed by atoms with Crippen molar-refractivity contribution in [2.45, 2.75) is 13.5 Å². The third-order valence-electron chi connectivity index (χ3n) is 2.27. The second kappa shape index (κ2) is 4.17. The molecule has 2 aromatic rings. The van der Waals surface area contributed by atoms with E-state index in [0.29, 0.717) is 0 Å². The summed E-state index contributed by atoms with van der Waals surface area (Å²) in [4.78, 5) is 4.02. The van der Waals surface area contributed by atoms with E-state index in [9.17, 15) is 0 Å². The molecular formula is C12H14N2O. The lowest BCUT2D eigenvalue weighted by Crippen LogP contribution is -1.97. The monoisotopic (exact) mass is 202 g/mol. The molecule has 15 heavy (non-hydrogen) atoms. The molecule has 2 rings (SSSR count). The molecule has 0 aliphatic heterocycles. The number of hydrogen-bond donors (Lipinski definition) is 0. The zero-order valence-electron chi connectivity index (χ0n) is 8.97. The molecule has 0 spiro atoms. The summed E-state index contributed by atoms with van der Waals surface area (Å²) in [5, 5.41) is 0. The molecule has 0 saturated carbocycles. The average Bonchev–Trinajstić information content (AvgIpc) is 2.69. The van der Waals surface area contributed by atoms with Crippen LogP contribution in [0.2, 0.25) is 0 Å². The largest absolute Gasteiger partial charge is 0.497 e. The summed E-state index contributed by atoms with van der Waals surface area (Å²) in [5.74, 6) is 0.908. The van der Waals surface area contributed by atoms with Crippen LogP contribution in [0.5, 0.6) is 5.75 Å². The van der Waals surface area contributed by atoms with E-state index >= 15 is 0 Å². The minimum absolute atomic E-state index is 0.831. The predicted molar refractivity (Wildman–Crippen MR) is 59.1 cm³/mol. The van der Waals surface area contributed by atoms with Crippen molar-refractivity contribution >= 4 is 0 Å². The van der Waals surface area contributed by atoms with Gasteiger partial charge in [-0.1, -0.05) is 6.07 Å². The zero-order chi connectivity index (χ0) is 10.7. The molecule has 1 aromatic carbocycles. The van der Waals surface area contributed by atoms with Crippen molar-refractivity contribution < 1.29 is 4.74 Å². The highest BCUT2D eigenvalue weighted by molar-refractivity contribution is 5.33. The van der Waals surface area contributed by atoms with Gasteiger partial charge in [-0.3, -0.25) is 0 Å².